The third-order valence-corrected chi connectivity index (χ3v) is 4.22. The number of hydrogen-bond acceptors (Lipinski definition) is 3. The van der Waals surface area contributed by atoms with Gasteiger partial charge in [-0.3, -0.25) is 9.69 Å². The summed E-state index contributed by atoms with van der Waals surface area (Å²) in [4.78, 5) is 14.6. The number of carbonyl (C=O) groups excluding carboxylic acids is 1. The molecule has 0 amide bonds. The van der Waals surface area contributed by atoms with E-state index in [4.69, 9.17) is 4.42 Å². The van der Waals surface area contributed by atoms with Crippen LogP contribution in [0, 0.1) is 20.8 Å². The van der Waals surface area contributed by atoms with Crippen LogP contribution in [0.3, 0.4) is 0 Å². The smallest absolute Gasteiger partial charge is 0.179 e. The average molecular weight is 285 g/mol. The van der Waals surface area contributed by atoms with Crippen LogP contribution in [0.1, 0.15) is 39.7 Å². The van der Waals surface area contributed by atoms with Gasteiger partial charge in [-0.2, -0.15) is 0 Å². The van der Waals surface area contributed by atoms with E-state index < -0.39 is 0 Å². The number of hydrogen-bond donors (Lipinski definition) is 0. The Morgan fingerprint density at radius 3 is 2.48 bits per heavy atom. The maximum absolute atomic E-state index is 12.6. The topological polar surface area (TPSA) is 33.5 Å². The molecule has 0 N–H and O–H groups in total. The van der Waals surface area contributed by atoms with Crippen LogP contribution >= 0.6 is 0 Å². The lowest BCUT2D eigenvalue weighted by Crippen LogP contribution is -2.35. The van der Waals surface area contributed by atoms with Gasteiger partial charge in [0.05, 0.1) is 12.3 Å². The molecule has 0 saturated heterocycles. The van der Waals surface area contributed by atoms with Crippen molar-refractivity contribution in [2.45, 2.75) is 40.3 Å². The summed E-state index contributed by atoms with van der Waals surface area (Å²) in [6.07, 6.45) is 1.69. The van der Waals surface area contributed by atoms with E-state index in [2.05, 4.69) is 11.8 Å². The van der Waals surface area contributed by atoms with Crippen LogP contribution in [0.2, 0.25) is 0 Å². The molecule has 2 rings (SSSR count). The molecule has 3 nitrogen and oxygen atoms in total. The Balaban J connectivity index is 2.11. The average Bonchev–Trinajstić information content (AvgIpc) is 2.85. The second kappa shape index (κ2) is 6.27. The summed E-state index contributed by atoms with van der Waals surface area (Å²) in [5.41, 5.74) is 4.27. The maximum atomic E-state index is 12.6. The fourth-order valence-corrected chi connectivity index (χ4v) is 2.32. The Bertz CT molecular complexity index is 642. The number of rotatable bonds is 5. The molecule has 2 aromatic rings. The van der Waals surface area contributed by atoms with Gasteiger partial charge in [0, 0.05) is 17.7 Å². The highest BCUT2D eigenvalue weighted by Gasteiger charge is 2.20. The van der Waals surface area contributed by atoms with Crippen LogP contribution in [-0.2, 0) is 6.54 Å². The molecule has 0 aliphatic rings. The van der Waals surface area contributed by atoms with Crippen LogP contribution in [-0.4, -0.2) is 23.8 Å². The number of likely N-dealkylation sites (N-methyl/N-ethyl adjacent to an activating group) is 1. The van der Waals surface area contributed by atoms with Crippen molar-refractivity contribution in [1.82, 2.24) is 4.90 Å². The molecule has 0 fully saturated rings. The van der Waals surface area contributed by atoms with Crippen LogP contribution in [0.15, 0.2) is 34.9 Å². The zero-order valence-electron chi connectivity index (χ0n) is 13.4. The molecule has 0 aliphatic carbocycles. The first kappa shape index (κ1) is 15.5. The summed E-state index contributed by atoms with van der Waals surface area (Å²) >= 11 is 0. The van der Waals surface area contributed by atoms with Gasteiger partial charge in [-0.1, -0.05) is 12.1 Å². The standard InChI is InChI=1S/C18H23NO2/c1-12-6-7-16(10-13(12)2)18(20)14(3)19(5)11-17-8-9-21-15(17)4/h6-10,14H,11H2,1-5H3. The summed E-state index contributed by atoms with van der Waals surface area (Å²) in [7, 11) is 1.97. The number of nitrogens with zero attached hydrogens (tertiary/aromatic N) is 1. The second-order valence-electron chi connectivity index (χ2n) is 5.76. The first-order valence-corrected chi connectivity index (χ1v) is 7.25. The highest BCUT2D eigenvalue weighted by molar-refractivity contribution is 6.00. The van der Waals surface area contributed by atoms with Crippen molar-refractivity contribution in [2.24, 2.45) is 0 Å². The normalized spacial score (nSPS) is 12.7. The lowest BCUT2D eigenvalue weighted by atomic mass is 9.99. The SMILES string of the molecule is Cc1ccc(C(=O)C(C)N(C)Cc2ccoc2C)cc1C. The fraction of sp³-hybridized carbons (Fsp3) is 0.389. The number of aryl methyl sites for hydroxylation is 3. The summed E-state index contributed by atoms with van der Waals surface area (Å²) in [5.74, 6) is 1.06. The Morgan fingerprint density at radius 2 is 1.90 bits per heavy atom. The Labute approximate surface area is 126 Å². The largest absolute Gasteiger partial charge is 0.469 e. The minimum absolute atomic E-state index is 0.154. The molecule has 0 saturated carbocycles. The number of carbonyl (C=O) groups is 1. The molecular weight excluding hydrogens is 262 g/mol. The van der Waals surface area contributed by atoms with Gasteiger partial charge in [0.1, 0.15) is 5.76 Å². The molecule has 112 valence electrons. The van der Waals surface area contributed by atoms with E-state index in [1.807, 2.05) is 52.1 Å². The van der Waals surface area contributed by atoms with Crippen molar-refractivity contribution in [3.63, 3.8) is 0 Å². The van der Waals surface area contributed by atoms with E-state index in [-0.39, 0.29) is 11.8 Å². The van der Waals surface area contributed by atoms with E-state index in [0.717, 1.165) is 22.5 Å². The van der Waals surface area contributed by atoms with Gasteiger partial charge in [-0.25, -0.2) is 0 Å². The number of ketones is 1. The van der Waals surface area contributed by atoms with Crippen molar-refractivity contribution in [2.75, 3.05) is 7.05 Å². The molecule has 0 bridgehead atoms. The van der Waals surface area contributed by atoms with Crippen LogP contribution in [0.5, 0.6) is 0 Å². The third kappa shape index (κ3) is 3.42. The zero-order chi connectivity index (χ0) is 15.6. The van der Waals surface area contributed by atoms with E-state index in [1.165, 1.54) is 5.56 Å². The molecule has 0 aliphatic heterocycles. The van der Waals surface area contributed by atoms with Gasteiger partial charge in [-0.05, 0) is 58.0 Å². The number of benzene rings is 1. The predicted molar refractivity (Wildman–Crippen MR) is 84.6 cm³/mol. The van der Waals surface area contributed by atoms with E-state index in [1.54, 1.807) is 6.26 Å². The molecule has 1 heterocycles. The van der Waals surface area contributed by atoms with E-state index >= 15 is 0 Å². The minimum Gasteiger partial charge on any atom is -0.469 e. The van der Waals surface area contributed by atoms with Crippen molar-refractivity contribution in [1.29, 1.82) is 0 Å². The van der Waals surface area contributed by atoms with E-state index in [9.17, 15) is 4.79 Å². The van der Waals surface area contributed by atoms with Crippen LogP contribution in [0.4, 0.5) is 0 Å². The lowest BCUT2D eigenvalue weighted by Gasteiger charge is -2.23. The van der Waals surface area contributed by atoms with Crippen LogP contribution < -0.4 is 0 Å². The number of furan rings is 1. The van der Waals surface area contributed by atoms with Crippen molar-refractivity contribution in [3.8, 4) is 0 Å². The molecule has 1 atom stereocenters. The summed E-state index contributed by atoms with van der Waals surface area (Å²) in [6, 6.07) is 7.69. The van der Waals surface area contributed by atoms with E-state index in [0.29, 0.717) is 6.54 Å². The van der Waals surface area contributed by atoms with Gasteiger partial charge in [0.15, 0.2) is 5.78 Å². The van der Waals surface area contributed by atoms with Gasteiger partial charge < -0.3 is 4.42 Å². The highest BCUT2D eigenvalue weighted by Crippen LogP contribution is 2.16. The van der Waals surface area contributed by atoms with Crippen LogP contribution in [0.25, 0.3) is 0 Å². The first-order chi connectivity index (χ1) is 9.90. The lowest BCUT2D eigenvalue weighted by molar-refractivity contribution is 0.0861. The molecule has 1 aromatic heterocycles. The Kier molecular flexibility index (Phi) is 4.63. The minimum atomic E-state index is -0.165. The molecule has 3 heteroatoms. The molecule has 0 spiro atoms. The summed E-state index contributed by atoms with van der Waals surface area (Å²) in [5, 5.41) is 0. The monoisotopic (exact) mass is 285 g/mol. The van der Waals surface area contributed by atoms with Crippen molar-refractivity contribution < 1.29 is 9.21 Å². The molecule has 21 heavy (non-hydrogen) atoms. The van der Waals surface area contributed by atoms with Gasteiger partial charge in [-0.15, -0.1) is 0 Å². The number of Topliss-reactive ketones (excluding diaryl/α,β-unsaturated/α-hetero) is 1. The Hall–Kier alpha value is -1.87. The second-order valence-corrected chi connectivity index (χ2v) is 5.76. The quantitative estimate of drug-likeness (QED) is 0.781. The van der Waals surface area contributed by atoms with Crippen molar-refractivity contribution >= 4 is 5.78 Å². The van der Waals surface area contributed by atoms with Gasteiger partial charge in [0.25, 0.3) is 0 Å². The maximum Gasteiger partial charge on any atom is 0.179 e. The fourth-order valence-electron chi connectivity index (χ4n) is 2.32. The Morgan fingerprint density at radius 1 is 1.19 bits per heavy atom. The summed E-state index contributed by atoms with van der Waals surface area (Å²) < 4.78 is 5.31. The molecule has 1 unspecified atom stereocenters. The molecule has 1 aromatic carbocycles. The van der Waals surface area contributed by atoms with Gasteiger partial charge in [0.2, 0.25) is 0 Å². The zero-order valence-corrected chi connectivity index (χ0v) is 13.4. The third-order valence-electron chi connectivity index (χ3n) is 4.22. The predicted octanol–water partition coefficient (Wildman–Crippen LogP) is 3.91. The summed E-state index contributed by atoms with van der Waals surface area (Å²) in [6.45, 7) is 8.70. The first-order valence-electron chi connectivity index (χ1n) is 7.25. The van der Waals surface area contributed by atoms with Gasteiger partial charge >= 0.3 is 0 Å². The molecule has 0 radical (unpaired) electrons. The molecular formula is C18H23NO2. The highest BCUT2D eigenvalue weighted by atomic mass is 16.3. The van der Waals surface area contributed by atoms with Crippen molar-refractivity contribution in [3.05, 3.63) is 58.5 Å².